The van der Waals surface area contributed by atoms with Gasteiger partial charge < -0.3 is 9.64 Å². The maximum atomic E-state index is 12.2. The van der Waals surface area contributed by atoms with Crippen LogP contribution in [0.1, 0.15) is 16.1 Å². The summed E-state index contributed by atoms with van der Waals surface area (Å²) in [6.45, 7) is -0.0839. The van der Waals surface area contributed by atoms with E-state index in [0.717, 1.165) is 5.69 Å². The predicted molar refractivity (Wildman–Crippen MR) is 96.4 cm³/mol. The minimum absolute atomic E-state index is 0.0839. The SMILES string of the molecule is CN(C)c1cccc(C(=O)OCc2cc(=O)n3cc(Cl)ccc3n2)c1. The molecule has 0 radical (unpaired) electrons. The van der Waals surface area contributed by atoms with E-state index in [1.165, 1.54) is 16.7 Å². The van der Waals surface area contributed by atoms with Gasteiger partial charge in [0.15, 0.2) is 0 Å². The summed E-state index contributed by atoms with van der Waals surface area (Å²) in [4.78, 5) is 30.5. The fourth-order valence-electron chi connectivity index (χ4n) is 2.33. The number of benzene rings is 1. The van der Waals surface area contributed by atoms with E-state index >= 15 is 0 Å². The smallest absolute Gasteiger partial charge is 0.338 e. The molecular formula is C18H16ClN3O3. The number of hydrogen-bond acceptors (Lipinski definition) is 5. The van der Waals surface area contributed by atoms with Crippen LogP contribution in [0, 0.1) is 0 Å². The molecule has 0 aliphatic carbocycles. The lowest BCUT2D eigenvalue weighted by Gasteiger charge is -2.13. The maximum Gasteiger partial charge on any atom is 0.338 e. The first-order chi connectivity index (χ1) is 11.9. The molecule has 0 atom stereocenters. The Bertz CT molecular complexity index is 998. The molecule has 0 bridgehead atoms. The van der Waals surface area contributed by atoms with Gasteiger partial charge in [-0.25, -0.2) is 9.78 Å². The van der Waals surface area contributed by atoms with Crippen LogP contribution >= 0.6 is 11.6 Å². The molecule has 0 aliphatic rings. The second kappa shape index (κ2) is 6.94. The zero-order valence-electron chi connectivity index (χ0n) is 13.8. The highest BCUT2D eigenvalue weighted by atomic mass is 35.5. The Labute approximate surface area is 149 Å². The summed E-state index contributed by atoms with van der Waals surface area (Å²) in [5.41, 5.74) is 1.87. The van der Waals surface area contributed by atoms with E-state index in [1.54, 1.807) is 30.3 Å². The van der Waals surface area contributed by atoms with Crippen LogP contribution in [-0.4, -0.2) is 29.4 Å². The molecule has 0 unspecified atom stereocenters. The van der Waals surface area contributed by atoms with Crippen molar-refractivity contribution in [3.05, 3.63) is 75.3 Å². The summed E-state index contributed by atoms with van der Waals surface area (Å²) < 4.78 is 6.62. The molecule has 3 rings (SSSR count). The summed E-state index contributed by atoms with van der Waals surface area (Å²) in [7, 11) is 3.78. The van der Waals surface area contributed by atoms with E-state index in [9.17, 15) is 9.59 Å². The molecule has 2 aromatic heterocycles. The Balaban J connectivity index is 1.78. The van der Waals surface area contributed by atoms with Crippen LogP contribution in [0.2, 0.25) is 5.02 Å². The van der Waals surface area contributed by atoms with E-state index in [1.807, 2.05) is 25.1 Å². The standard InChI is InChI=1S/C18H16ClN3O3/c1-21(2)15-5-3-4-12(8-15)18(24)25-11-14-9-17(23)22-10-13(19)6-7-16(22)20-14/h3-10H,11H2,1-2H3. The van der Waals surface area contributed by atoms with Crippen molar-refractivity contribution in [2.75, 3.05) is 19.0 Å². The minimum Gasteiger partial charge on any atom is -0.456 e. The lowest BCUT2D eigenvalue weighted by molar-refractivity contribution is 0.0468. The minimum atomic E-state index is -0.471. The number of pyridine rings is 1. The topological polar surface area (TPSA) is 63.9 Å². The largest absolute Gasteiger partial charge is 0.456 e. The summed E-state index contributed by atoms with van der Waals surface area (Å²) >= 11 is 5.88. The molecule has 0 fully saturated rings. The van der Waals surface area contributed by atoms with Crippen molar-refractivity contribution in [2.45, 2.75) is 6.61 Å². The molecule has 3 aromatic rings. The first kappa shape index (κ1) is 17.0. The van der Waals surface area contributed by atoms with Crippen LogP contribution in [0.3, 0.4) is 0 Å². The number of anilines is 1. The summed E-state index contributed by atoms with van der Waals surface area (Å²) in [5, 5.41) is 0.441. The van der Waals surface area contributed by atoms with Crippen molar-refractivity contribution in [2.24, 2.45) is 0 Å². The molecule has 0 amide bonds. The van der Waals surface area contributed by atoms with Crippen molar-refractivity contribution >= 4 is 28.9 Å². The van der Waals surface area contributed by atoms with Crippen LogP contribution in [0.15, 0.2) is 53.5 Å². The Kier molecular flexibility index (Phi) is 4.72. The molecule has 2 heterocycles. The number of ether oxygens (including phenoxy) is 1. The predicted octanol–water partition coefficient (Wildman–Crippen LogP) is 2.77. The summed E-state index contributed by atoms with van der Waals surface area (Å²) in [5.74, 6) is -0.471. The van der Waals surface area contributed by atoms with E-state index in [-0.39, 0.29) is 12.2 Å². The van der Waals surface area contributed by atoms with Crippen LogP contribution in [0.5, 0.6) is 0 Å². The molecule has 0 saturated carbocycles. The van der Waals surface area contributed by atoms with Gasteiger partial charge in [0.05, 0.1) is 16.3 Å². The molecule has 0 aliphatic heterocycles. The van der Waals surface area contributed by atoms with Gasteiger partial charge in [-0.2, -0.15) is 0 Å². The molecule has 0 spiro atoms. The van der Waals surface area contributed by atoms with Gasteiger partial charge in [-0.1, -0.05) is 17.7 Å². The van der Waals surface area contributed by atoms with Crippen LogP contribution in [0.4, 0.5) is 5.69 Å². The van der Waals surface area contributed by atoms with Gasteiger partial charge in [0, 0.05) is 32.0 Å². The van der Waals surface area contributed by atoms with Gasteiger partial charge in [0.1, 0.15) is 12.3 Å². The van der Waals surface area contributed by atoms with Gasteiger partial charge >= 0.3 is 5.97 Å². The second-order valence-corrected chi connectivity index (χ2v) is 6.12. The number of halogens is 1. The molecule has 0 N–H and O–H groups in total. The Morgan fingerprint density at radius 3 is 2.80 bits per heavy atom. The quantitative estimate of drug-likeness (QED) is 0.672. The van der Waals surface area contributed by atoms with E-state index in [2.05, 4.69) is 4.98 Å². The average Bonchev–Trinajstić information content (AvgIpc) is 2.60. The Morgan fingerprint density at radius 2 is 2.04 bits per heavy atom. The fourth-order valence-corrected chi connectivity index (χ4v) is 2.49. The van der Waals surface area contributed by atoms with Crippen molar-refractivity contribution < 1.29 is 9.53 Å². The van der Waals surface area contributed by atoms with Crippen molar-refractivity contribution in [3.8, 4) is 0 Å². The maximum absolute atomic E-state index is 12.2. The highest BCUT2D eigenvalue weighted by Gasteiger charge is 2.10. The van der Waals surface area contributed by atoms with Gasteiger partial charge in [0.25, 0.3) is 5.56 Å². The van der Waals surface area contributed by atoms with E-state index in [0.29, 0.717) is 21.9 Å². The van der Waals surface area contributed by atoms with Gasteiger partial charge in [-0.15, -0.1) is 0 Å². The normalized spacial score (nSPS) is 10.7. The Morgan fingerprint density at radius 1 is 1.24 bits per heavy atom. The van der Waals surface area contributed by atoms with Gasteiger partial charge in [-0.3, -0.25) is 9.20 Å². The summed E-state index contributed by atoms with van der Waals surface area (Å²) in [6.07, 6.45) is 1.49. The zero-order valence-corrected chi connectivity index (χ0v) is 14.5. The fraction of sp³-hybridized carbons (Fsp3) is 0.167. The molecule has 0 saturated heterocycles. The lowest BCUT2D eigenvalue weighted by Crippen LogP contribution is -2.16. The first-order valence-electron chi connectivity index (χ1n) is 7.56. The molecule has 1 aromatic carbocycles. The van der Waals surface area contributed by atoms with E-state index in [4.69, 9.17) is 16.3 Å². The molecule has 7 heteroatoms. The summed E-state index contributed by atoms with van der Waals surface area (Å²) in [6, 6.07) is 11.7. The Hall–Kier alpha value is -2.86. The number of aromatic nitrogens is 2. The molecule has 6 nitrogen and oxygen atoms in total. The highest BCUT2D eigenvalue weighted by molar-refractivity contribution is 6.30. The van der Waals surface area contributed by atoms with Crippen LogP contribution < -0.4 is 10.5 Å². The zero-order chi connectivity index (χ0) is 18.0. The van der Waals surface area contributed by atoms with Gasteiger partial charge in [0.2, 0.25) is 0 Å². The highest BCUT2D eigenvalue weighted by Crippen LogP contribution is 2.15. The molecule has 128 valence electrons. The van der Waals surface area contributed by atoms with Crippen LogP contribution in [0.25, 0.3) is 5.65 Å². The number of fused-ring (bicyclic) bond motifs is 1. The third kappa shape index (κ3) is 3.80. The number of rotatable bonds is 4. The van der Waals surface area contributed by atoms with Crippen molar-refractivity contribution in [1.82, 2.24) is 9.38 Å². The van der Waals surface area contributed by atoms with Crippen molar-refractivity contribution in [1.29, 1.82) is 0 Å². The number of nitrogens with zero attached hydrogens (tertiary/aromatic N) is 3. The number of esters is 1. The number of carbonyl (C=O) groups excluding carboxylic acids is 1. The average molecular weight is 358 g/mol. The number of carbonyl (C=O) groups is 1. The third-order valence-electron chi connectivity index (χ3n) is 3.63. The third-order valence-corrected chi connectivity index (χ3v) is 3.85. The van der Waals surface area contributed by atoms with Gasteiger partial charge in [-0.05, 0) is 30.3 Å². The number of hydrogen-bond donors (Lipinski definition) is 0. The molecular weight excluding hydrogens is 342 g/mol. The molecule has 25 heavy (non-hydrogen) atoms. The lowest BCUT2D eigenvalue weighted by atomic mass is 10.2. The first-order valence-corrected chi connectivity index (χ1v) is 7.94. The van der Waals surface area contributed by atoms with Crippen LogP contribution in [-0.2, 0) is 11.3 Å². The van der Waals surface area contributed by atoms with E-state index < -0.39 is 5.97 Å². The monoisotopic (exact) mass is 357 g/mol. The second-order valence-electron chi connectivity index (χ2n) is 5.68. The van der Waals surface area contributed by atoms with Crippen molar-refractivity contribution in [3.63, 3.8) is 0 Å².